The minimum absolute atomic E-state index is 0.000544. The van der Waals surface area contributed by atoms with Gasteiger partial charge in [0.15, 0.2) is 5.78 Å². The molecule has 0 radical (unpaired) electrons. The molecule has 37 heavy (non-hydrogen) atoms. The molecule has 0 aliphatic heterocycles. The Morgan fingerprint density at radius 2 is 1.49 bits per heavy atom. The number of amides is 1. The summed E-state index contributed by atoms with van der Waals surface area (Å²) in [6, 6.07) is 14.6. The molecule has 5 nitrogen and oxygen atoms in total. The highest BCUT2D eigenvalue weighted by Crippen LogP contribution is 2.22. The zero-order valence-electron chi connectivity index (χ0n) is 23.0. The van der Waals surface area contributed by atoms with Gasteiger partial charge >= 0.3 is 5.97 Å². The average molecular weight is 504 g/mol. The van der Waals surface area contributed by atoms with E-state index >= 15 is 0 Å². The first-order valence-corrected chi connectivity index (χ1v) is 12.5. The van der Waals surface area contributed by atoms with Crippen LogP contribution in [0.5, 0.6) is 0 Å². The van der Waals surface area contributed by atoms with Crippen LogP contribution in [-0.4, -0.2) is 22.8 Å². The van der Waals surface area contributed by atoms with E-state index in [1.165, 1.54) is 5.57 Å². The number of terminal acetylenes is 1. The topological polar surface area (TPSA) is 83.5 Å². The summed E-state index contributed by atoms with van der Waals surface area (Å²) in [4.78, 5) is 34.3. The number of anilines is 1. The number of carbonyl (C=O) groups excluding carboxylic acids is 2. The van der Waals surface area contributed by atoms with Crippen LogP contribution in [0, 0.1) is 18.3 Å². The van der Waals surface area contributed by atoms with Gasteiger partial charge in [0.25, 0.3) is 0 Å². The molecule has 2 aromatic rings. The first kappa shape index (κ1) is 33.1. The summed E-state index contributed by atoms with van der Waals surface area (Å²) in [6.45, 7) is 11.9. The predicted molar refractivity (Wildman–Crippen MR) is 155 cm³/mol. The third-order valence-electron chi connectivity index (χ3n) is 5.03. The lowest BCUT2D eigenvalue weighted by Crippen LogP contribution is -2.13. The molecular weight excluding hydrogens is 462 g/mol. The largest absolute Gasteiger partial charge is 0.481 e. The van der Waals surface area contributed by atoms with Gasteiger partial charge in [-0.15, -0.1) is 12.3 Å². The van der Waals surface area contributed by atoms with Crippen LogP contribution < -0.4 is 5.32 Å². The monoisotopic (exact) mass is 503 g/mol. The van der Waals surface area contributed by atoms with Crippen molar-refractivity contribution in [3.8, 4) is 23.5 Å². The average Bonchev–Trinajstić information content (AvgIpc) is 2.86. The minimum Gasteiger partial charge on any atom is -0.481 e. The van der Waals surface area contributed by atoms with Crippen LogP contribution in [0.15, 0.2) is 72.3 Å². The van der Waals surface area contributed by atoms with E-state index in [0.717, 1.165) is 23.2 Å². The second kappa shape index (κ2) is 19.3. The Balaban J connectivity index is 0.000000992. The minimum atomic E-state index is -0.976. The van der Waals surface area contributed by atoms with Crippen molar-refractivity contribution < 1.29 is 19.5 Å². The van der Waals surface area contributed by atoms with Gasteiger partial charge < -0.3 is 10.4 Å². The molecule has 0 aliphatic carbocycles. The summed E-state index contributed by atoms with van der Waals surface area (Å²) in [5.41, 5.74) is 4.58. The molecule has 0 fully saturated rings. The Kier molecular flexibility index (Phi) is 17.3. The van der Waals surface area contributed by atoms with Crippen molar-refractivity contribution in [2.24, 2.45) is 5.92 Å². The highest BCUT2D eigenvalue weighted by atomic mass is 16.4. The van der Waals surface area contributed by atoms with Crippen molar-refractivity contribution in [1.82, 2.24) is 0 Å². The van der Waals surface area contributed by atoms with Crippen LogP contribution in [0.1, 0.15) is 77.6 Å². The first-order valence-electron chi connectivity index (χ1n) is 12.5. The number of carboxylic acid groups (broad SMARTS) is 1. The summed E-state index contributed by atoms with van der Waals surface area (Å²) in [7, 11) is 0. The van der Waals surface area contributed by atoms with Crippen LogP contribution in [0.4, 0.5) is 5.69 Å². The van der Waals surface area contributed by atoms with Gasteiger partial charge in [-0.1, -0.05) is 81.0 Å². The number of rotatable bonds is 10. The maximum atomic E-state index is 11.9. The maximum absolute atomic E-state index is 11.9. The molecule has 0 saturated carbocycles. The molecule has 1 amide bonds. The molecule has 0 heterocycles. The number of carbonyl (C=O) groups is 3. The van der Waals surface area contributed by atoms with Gasteiger partial charge in [0.2, 0.25) is 5.91 Å². The van der Waals surface area contributed by atoms with Crippen molar-refractivity contribution in [1.29, 1.82) is 0 Å². The Morgan fingerprint density at radius 1 is 0.973 bits per heavy atom. The van der Waals surface area contributed by atoms with E-state index in [-0.39, 0.29) is 24.5 Å². The molecule has 0 bridgehead atoms. The SMILES string of the molecule is C#CC.C/C=C\C(=C/C)CC.CC(C)CC(=O)Nc1ccc(-c2ccc(C(=O)CCC(=O)O)cc2)cc1. The van der Waals surface area contributed by atoms with Crippen molar-refractivity contribution in [2.45, 2.75) is 67.2 Å². The first-order chi connectivity index (χ1) is 17.6. The zero-order valence-corrected chi connectivity index (χ0v) is 23.0. The molecule has 2 rings (SSSR count). The molecule has 5 heteroatoms. The van der Waals surface area contributed by atoms with Gasteiger partial charge in [0.1, 0.15) is 0 Å². The smallest absolute Gasteiger partial charge is 0.303 e. The van der Waals surface area contributed by atoms with E-state index in [1.807, 2.05) is 57.2 Å². The normalized spacial score (nSPS) is 10.5. The van der Waals surface area contributed by atoms with Gasteiger partial charge in [0, 0.05) is 24.1 Å². The third-order valence-corrected chi connectivity index (χ3v) is 5.03. The fourth-order valence-electron chi connectivity index (χ4n) is 3.17. The van der Waals surface area contributed by atoms with Gasteiger partial charge in [-0.3, -0.25) is 14.4 Å². The Labute approximate surface area is 222 Å². The number of hydrogen-bond acceptors (Lipinski definition) is 3. The van der Waals surface area contributed by atoms with Crippen LogP contribution in [0.2, 0.25) is 0 Å². The number of allylic oxidation sites excluding steroid dienone is 4. The highest BCUT2D eigenvalue weighted by Gasteiger charge is 2.09. The Bertz CT molecular complexity index is 1070. The van der Waals surface area contributed by atoms with Gasteiger partial charge in [-0.25, -0.2) is 0 Å². The maximum Gasteiger partial charge on any atom is 0.303 e. The number of nitrogens with one attached hydrogen (secondary N) is 1. The molecule has 0 aromatic heterocycles. The molecule has 2 aromatic carbocycles. The summed E-state index contributed by atoms with van der Waals surface area (Å²) in [5, 5.41) is 11.5. The van der Waals surface area contributed by atoms with E-state index in [1.54, 1.807) is 19.1 Å². The van der Waals surface area contributed by atoms with Crippen molar-refractivity contribution in [3.05, 3.63) is 77.9 Å². The summed E-state index contributed by atoms with van der Waals surface area (Å²) in [6.07, 6.45) is 12.4. The van der Waals surface area contributed by atoms with E-state index in [9.17, 15) is 14.4 Å². The molecule has 0 aliphatic rings. The highest BCUT2D eigenvalue weighted by molar-refractivity contribution is 5.97. The van der Waals surface area contributed by atoms with Crippen molar-refractivity contribution >= 4 is 23.3 Å². The molecule has 0 atom stereocenters. The van der Waals surface area contributed by atoms with E-state index < -0.39 is 5.97 Å². The zero-order chi connectivity index (χ0) is 28.2. The summed E-state index contributed by atoms with van der Waals surface area (Å²) >= 11 is 0. The molecule has 0 saturated heterocycles. The number of benzene rings is 2. The van der Waals surface area contributed by atoms with Gasteiger partial charge in [0.05, 0.1) is 6.42 Å². The van der Waals surface area contributed by atoms with E-state index in [0.29, 0.717) is 17.9 Å². The number of aliphatic carboxylic acids is 1. The van der Waals surface area contributed by atoms with Crippen LogP contribution in [0.25, 0.3) is 11.1 Å². The number of carboxylic acids is 1. The Morgan fingerprint density at radius 3 is 1.86 bits per heavy atom. The van der Waals surface area contributed by atoms with Crippen LogP contribution in [-0.2, 0) is 9.59 Å². The summed E-state index contributed by atoms with van der Waals surface area (Å²) in [5.74, 6) is 1.40. The fraction of sp³-hybridized carbons (Fsp3) is 0.344. The predicted octanol–water partition coefficient (Wildman–Crippen LogP) is 7.94. The molecule has 2 N–H and O–H groups in total. The third kappa shape index (κ3) is 14.9. The van der Waals surface area contributed by atoms with Crippen LogP contribution in [0.3, 0.4) is 0 Å². The standard InChI is InChI=1S/C21H23NO4.C8H14.C3H4/c1-14(2)13-20(24)22-18-9-7-16(8-10-18)15-3-5-17(6-4-15)19(23)11-12-21(25)26;1-4-7-8(5-2)6-3;1-3-2/h3-10,14H,11-13H2,1-2H3,(H,22,24)(H,25,26);4-5,7H,6H2,1-3H3;1H,2H3/b;7-4-,8-5-;. The summed E-state index contributed by atoms with van der Waals surface area (Å²) < 4.78 is 0. The number of ketones is 1. The lowest BCUT2D eigenvalue weighted by molar-refractivity contribution is -0.137. The molecule has 198 valence electrons. The number of Topliss-reactive ketones (excluding diaryl/α,β-unsaturated/α-hetero) is 1. The van der Waals surface area contributed by atoms with Crippen LogP contribution >= 0.6 is 0 Å². The molecule has 0 spiro atoms. The fourth-order valence-corrected chi connectivity index (χ4v) is 3.17. The van der Waals surface area contributed by atoms with E-state index in [4.69, 9.17) is 5.11 Å². The van der Waals surface area contributed by atoms with Gasteiger partial charge in [-0.05, 0) is 56.4 Å². The quantitative estimate of drug-likeness (QED) is 0.196. The van der Waals surface area contributed by atoms with Gasteiger partial charge in [-0.2, -0.15) is 0 Å². The second-order valence-corrected chi connectivity index (χ2v) is 8.62. The van der Waals surface area contributed by atoms with Crippen molar-refractivity contribution in [2.75, 3.05) is 5.32 Å². The lowest BCUT2D eigenvalue weighted by Gasteiger charge is -2.08. The second-order valence-electron chi connectivity index (χ2n) is 8.62. The van der Waals surface area contributed by atoms with E-state index in [2.05, 4.69) is 49.7 Å². The Hall–Kier alpha value is -3.91. The number of hydrogen-bond donors (Lipinski definition) is 2. The molecular formula is C32H41NO4. The lowest BCUT2D eigenvalue weighted by atomic mass is 10.0. The van der Waals surface area contributed by atoms with Crippen molar-refractivity contribution in [3.63, 3.8) is 0 Å². The molecule has 0 unspecified atom stereocenters.